The molecular weight excluding hydrogens is 208 g/mol. The van der Waals surface area contributed by atoms with Crippen molar-refractivity contribution in [2.45, 2.75) is 6.92 Å². The van der Waals surface area contributed by atoms with Crippen LogP contribution in [0.4, 0.5) is 5.82 Å². The molecule has 1 rings (SSSR count). The number of carbonyl (C=O) groups is 1. The third kappa shape index (κ3) is 3.38. The number of aromatic nitrogens is 2. The number of ether oxygens (including phenoxy) is 1. The Balaban J connectivity index is 2.68. The van der Waals surface area contributed by atoms with Gasteiger partial charge in [-0.3, -0.25) is 0 Å². The van der Waals surface area contributed by atoms with E-state index in [-0.39, 0.29) is 12.2 Å². The van der Waals surface area contributed by atoms with Crippen LogP contribution < -0.4 is 5.32 Å². The van der Waals surface area contributed by atoms with Crippen molar-refractivity contribution in [1.29, 1.82) is 5.26 Å². The van der Waals surface area contributed by atoms with Crippen LogP contribution in [-0.4, -0.2) is 22.8 Å². The molecule has 0 aromatic carbocycles. The summed E-state index contributed by atoms with van der Waals surface area (Å²) in [6, 6.07) is 5.07. The molecule has 0 aliphatic heterocycles. The van der Waals surface area contributed by atoms with Crippen LogP contribution in [0.15, 0.2) is 30.1 Å². The lowest BCUT2D eigenvalue weighted by Gasteiger charge is -2.00. The Kier molecular flexibility index (Phi) is 4.47. The van der Waals surface area contributed by atoms with E-state index in [9.17, 15) is 4.79 Å². The molecule has 6 heteroatoms. The molecule has 0 amide bonds. The van der Waals surface area contributed by atoms with E-state index in [0.29, 0.717) is 5.82 Å². The van der Waals surface area contributed by atoms with Crippen molar-refractivity contribution in [2.24, 2.45) is 0 Å². The van der Waals surface area contributed by atoms with Gasteiger partial charge in [0.2, 0.25) is 0 Å². The highest BCUT2D eigenvalue weighted by molar-refractivity contribution is 5.93. The van der Waals surface area contributed by atoms with Crippen molar-refractivity contribution < 1.29 is 9.53 Å². The molecule has 16 heavy (non-hydrogen) atoms. The molecule has 0 bridgehead atoms. The second-order valence-electron chi connectivity index (χ2n) is 2.64. The maximum absolute atomic E-state index is 11.2. The molecule has 82 valence electrons. The molecule has 1 aromatic heterocycles. The summed E-state index contributed by atoms with van der Waals surface area (Å²) in [5.74, 6) is -0.221. The Bertz CT molecular complexity index is 422. The lowest BCUT2D eigenvalue weighted by atomic mass is 10.3. The van der Waals surface area contributed by atoms with Crippen LogP contribution in [0.5, 0.6) is 0 Å². The van der Waals surface area contributed by atoms with Gasteiger partial charge in [0.15, 0.2) is 11.4 Å². The van der Waals surface area contributed by atoms with Crippen LogP contribution in [-0.2, 0) is 9.53 Å². The maximum atomic E-state index is 11.2. The second kappa shape index (κ2) is 6.14. The summed E-state index contributed by atoms with van der Waals surface area (Å²) in [5, 5.41) is 18.7. The Morgan fingerprint density at radius 1 is 1.75 bits per heavy atom. The highest BCUT2D eigenvalue weighted by atomic mass is 16.5. The van der Waals surface area contributed by atoms with Crippen molar-refractivity contribution in [2.75, 3.05) is 11.9 Å². The summed E-state index contributed by atoms with van der Waals surface area (Å²) >= 11 is 0. The molecule has 0 fully saturated rings. The van der Waals surface area contributed by atoms with E-state index in [0.717, 1.165) is 0 Å². The fraction of sp³-hybridized carbons (Fsp3) is 0.200. The number of hydrogen-bond acceptors (Lipinski definition) is 6. The molecule has 0 saturated heterocycles. The number of anilines is 1. The average molecular weight is 218 g/mol. The van der Waals surface area contributed by atoms with Gasteiger partial charge in [-0.2, -0.15) is 10.4 Å². The predicted octanol–water partition coefficient (Wildman–Crippen LogP) is 0.859. The number of nitriles is 1. The Hall–Kier alpha value is -2.42. The van der Waals surface area contributed by atoms with E-state index < -0.39 is 5.97 Å². The van der Waals surface area contributed by atoms with Crippen molar-refractivity contribution >= 4 is 11.8 Å². The molecule has 0 spiro atoms. The largest absolute Gasteiger partial charge is 0.462 e. The summed E-state index contributed by atoms with van der Waals surface area (Å²) in [6.07, 6.45) is 2.76. The fourth-order valence-electron chi connectivity index (χ4n) is 0.870. The van der Waals surface area contributed by atoms with Crippen LogP contribution in [0.25, 0.3) is 0 Å². The van der Waals surface area contributed by atoms with Gasteiger partial charge in [-0.15, -0.1) is 5.10 Å². The summed E-state index contributed by atoms with van der Waals surface area (Å²) in [6.45, 7) is 1.89. The topological polar surface area (TPSA) is 87.9 Å². The number of rotatable bonds is 4. The lowest BCUT2D eigenvalue weighted by Crippen LogP contribution is -2.08. The van der Waals surface area contributed by atoms with E-state index in [4.69, 9.17) is 5.26 Å². The molecule has 6 nitrogen and oxygen atoms in total. The van der Waals surface area contributed by atoms with Crippen molar-refractivity contribution in [3.63, 3.8) is 0 Å². The molecule has 0 aliphatic rings. The minimum absolute atomic E-state index is 0.118. The normalized spacial score (nSPS) is 10.4. The fourth-order valence-corrected chi connectivity index (χ4v) is 0.870. The highest BCUT2D eigenvalue weighted by Gasteiger charge is 2.08. The SMILES string of the molecule is CCOC(=O)C(C#N)=CNc1cccnn1. The van der Waals surface area contributed by atoms with Crippen LogP contribution in [0.3, 0.4) is 0 Å². The number of carbonyl (C=O) groups excluding carboxylic acids is 1. The first-order chi connectivity index (χ1) is 7.77. The number of nitrogens with one attached hydrogen (secondary N) is 1. The highest BCUT2D eigenvalue weighted by Crippen LogP contribution is 2.01. The van der Waals surface area contributed by atoms with Crippen molar-refractivity contribution in [3.05, 3.63) is 30.1 Å². The van der Waals surface area contributed by atoms with Gasteiger partial charge in [0.1, 0.15) is 6.07 Å². The van der Waals surface area contributed by atoms with Crippen LogP contribution in [0, 0.1) is 11.3 Å². The monoisotopic (exact) mass is 218 g/mol. The number of nitrogens with zero attached hydrogens (tertiary/aromatic N) is 3. The molecular formula is C10H10N4O2. The minimum atomic E-state index is -0.665. The zero-order valence-corrected chi connectivity index (χ0v) is 8.67. The van der Waals surface area contributed by atoms with Gasteiger partial charge in [0.05, 0.1) is 6.61 Å². The minimum Gasteiger partial charge on any atom is -0.462 e. The van der Waals surface area contributed by atoms with E-state index in [2.05, 4.69) is 20.3 Å². The standard InChI is InChI=1S/C10H10N4O2/c1-2-16-10(15)8(6-11)7-12-9-4-3-5-13-14-9/h3-5,7H,2H2,1H3,(H,12,14). The summed E-state index contributed by atoms with van der Waals surface area (Å²) in [5.41, 5.74) is -0.118. The Morgan fingerprint density at radius 2 is 2.56 bits per heavy atom. The third-order valence-electron chi connectivity index (χ3n) is 1.55. The smallest absolute Gasteiger partial charge is 0.350 e. The van der Waals surface area contributed by atoms with E-state index in [1.165, 1.54) is 12.4 Å². The van der Waals surface area contributed by atoms with Gasteiger partial charge < -0.3 is 10.1 Å². The van der Waals surface area contributed by atoms with Gasteiger partial charge in [-0.25, -0.2) is 4.79 Å². The maximum Gasteiger partial charge on any atom is 0.350 e. The zero-order valence-electron chi connectivity index (χ0n) is 8.67. The molecule has 1 heterocycles. The van der Waals surface area contributed by atoms with Crippen LogP contribution in [0.1, 0.15) is 6.92 Å². The van der Waals surface area contributed by atoms with Crippen LogP contribution in [0.2, 0.25) is 0 Å². The van der Waals surface area contributed by atoms with E-state index in [1.54, 1.807) is 25.1 Å². The first-order valence-electron chi connectivity index (χ1n) is 4.59. The van der Waals surface area contributed by atoms with Crippen molar-refractivity contribution in [1.82, 2.24) is 10.2 Å². The lowest BCUT2D eigenvalue weighted by molar-refractivity contribution is -0.138. The number of esters is 1. The Morgan fingerprint density at radius 3 is 3.12 bits per heavy atom. The molecule has 1 aromatic rings. The van der Waals surface area contributed by atoms with Crippen LogP contribution >= 0.6 is 0 Å². The van der Waals surface area contributed by atoms with Gasteiger partial charge >= 0.3 is 5.97 Å². The zero-order chi connectivity index (χ0) is 11.8. The number of hydrogen-bond donors (Lipinski definition) is 1. The van der Waals surface area contributed by atoms with Gasteiger partial charge in [0.25, 0.3) is 0 Å². The van der Waals surface area contributed by atoms with E-state index in [1.807, 2.05) is 0 Å². The molecule has 0 unspecified atom stereocenters. The third-order valence-corrected chi connectivity index (χ3v) is 1.55. The molecule has 0 radical (unpaired) electrons. The summed E-state index contributed by atoms with van der Waals surface area (Å²) in [4.78, 5) is 11.2. The first kappa shape index (κ1) is 11.7. The van der Waals surface area contributed by atoms with Crippen molar-refractivity contribution in [3.8, 4) is 6.07 Å². The predicted molar refractivity (Wildman–Crippen MR) is 56.0 cm³/mol. The Labute approximate surface area is 92.6 Å². The van der Waals surface area contributed by atoms with Gasteiger partial charge in [0, 0.05) is 12.4 Å². The second-order valence-corrected chi connectivity index (χ2v) is 2.64. The summed E-state index contributed by atoms with van der Waals surface area (Å²) in [7, 11) is 0. The van der Waals surface area contributed by atoms with Gasteiger partial charge in [-0.05, 0) is 19.1 Å². The average Bonchev–Trinajstić information content (AvgIpc) is 2.31. The van der Waals surface area contributed by atoms with E-state index >= 15 is 0 Å². The molecule has 1 N–H and O–H groups in total. The molecule has 0 aliphatic carbocycles. The quantitative estimate of drug-likeness (QED) is 0.458. The molecule has 0 saturated carbocycles. The first-order valence-corrected chi connectivity index (χ1v) is 4.59. The molecule has 0 atom stereocenters. The van der Waals surface area contributed by atoms with Gasteiger partial charge in [-0.1, -0.05) is 0 Å². The summed E-state index contributed by atoms with van der Waals surface area (Å²) < 4.78 is 4.68.